The number of halogens is 1. The second kappa shape index (κ2) is 15.1. The summed E-state index contributed by atoms with van der Waals surface area (Å²) >= 11 is 6.03. The Morgan fingerprint density at radius 2 is 1.76 bits per heavy atom. The smallest absolute Gasteiger partial charge is 0.136 e. The summed E-state index contributed by atoms with van der Waals surface area (Å²) in [5, 5.41) is 14.7. The Bertz CT molecular complexity index is 1120. The van der Waals surface area contributed by atoms with E-state index in [9.17, 15) is 5.11 Å². The fraction of sp³-hybridized carbons (Fsp3) is 0.367. The zero-order valence-corrected chi connectivity index (χ0v) is 22.8. The van der Waals surface area contributed by atoms with Crippen molar-refractivity contribution in [2.45, 2.75) is 33.1 Å². The summed E-state index contributed by atoms with van der Waals surface area (Å²) in [6.45, 7) is 8.73. The molecule has 3 rings (SSSR count). The van der Waals surface area contributed by atoms with Crippen LogP contribution in [0.2, 0.25) is 0 Å². The second-order valence-electron chi connectivity index (χ2n) is 8.71. The molecule has 0 radical (unpaired) electrons. The van der Waals surface area contributed by atoms with Crippen LogP contribution >= 0.6 is 11.6 Å². The number of phenolic OH excluding ortho intramolecular Hbond substituents is 1. The third-order valence-corrected chi connectivity index (χ3v) is 6.43. The van der Waals surface area contributed by atoms with Crippen molar-refractivity contribution in [2.24, 2.45) is 4.99 Å². The molecule has 0 saturated heterocycles. The van der Waals surface area contributed by atoms with Gasteiger partial charge in [-0.2, -0.15) is 0 Å². The van der Waals surface area contributed by atoms with Gasteiger partial charge in [0.1, 0.15) is 23.1 Å². The Balaban J connectivity index is 1.50. The van der Waals surface area contributed by atoms with E-state index in [-0.39, 0.29) is 5.75 Å². The lowest BCUT2D eigenvalue weighted by Gasteiger charge is -2.17. The summed E-state index contributed by atoms with van der Waals surface area (Å²) in [7, 11) is 1.69. The number of phenols is 1. The first-order chi connectivity index (χ1) is 18.0. The van der Waals surface area contributed by atoms with Gasteiger partial charge in [-0.15, -0.1) is 0 Å². The van der Waals surface area contributed by atoms with Crippen molar-refractivity contribution in [2.75, 3.05) is 45.2 Å². The molecule has 37 heavy (non-hydrogen) atoms. The van der Waals surface area contributed by atoms with E-state index in [1.54, 1.807) is 13.1 Å². The fourth-order valence-electron chi connectivity index (χ4n) is 3.96. The SMILES string of the molecule is CCN(CC)CCCOc1ccc(NC(=NC)c2ccc(OCCC3=CC=C(Cl)C=CC3)cc2O)cc1. The second-order valence-corrected chi connectivity index (χ2v) is 9.15. The van der Waals surface area contributed by atoms with E-state index in [0.717, 1.165) is 55.4 Å². The average molecular weight is 524 g/mol. The average Bonchev–Trinajstić information content (AvgIpc) is 3.12. The van der Waals surface area contributed by atoms with Gasteiger partial charge in [0.05, 0.1) is 18.8 Å². The molecular weight excluding hydrogens is 486 g/mol. The molecule has 2 N–H and O–H groups in total. The Kier molecular flexibility index (Phi) is 11.6. The quantitative estimate of drug-likeness (QED) is 0.172. The number of nitrogens with zero attached hydrogens (tertiary/aromatic N) is 2. The molecule has 0 amide bonds. The molecule has 6 nitrogen and oxygen atoms in total. The van der Waals surface area contributed by atoms with E-state index in [2.05, 4.69) is 29.1 Å². The van der Waals surface area contributed by atoms with Gasteiger partial charge in [-0.05, 0) is 74.5 Å². The van der Waals surface area contributed by atoms with Gasteiger partial charge in [-0.25, -0.2) is 0 Å². The Labute approximate surface area is 226 Å². The molecule has 1 aliphatic rings. The summed E-state index contributed by atoms with van der Waals surface area (Å²) in [6.07, 6.45) is 10.5. The van der Waals surface area contributed by atoms with Gasteiger partial charge < -0.3 is 24.8 Å². The van der Waals surface area contributed by atoms with E-state index >= 15 is 0 Å². The summed E-state index contributed by atoms with van der Waals surface area (Å²) in [5.41, 5.74) is 2.70. The highest BCUT2D eigenvalue weighted by molar-refractivity contribution is 6.31. The maximum Gasteiger partial charge on any atom is 0.136 e. The molecular formula is C30H38ClN3O3. The number of nitrogens with one attached hydrogen (secondary N) is 1. The largest absolute Gasteiger partial charge is 0.507 e. The lowest BCUT2D eigenvalue weighted by Crippen LogP contribution is -2.25. The number of rotatable bonds is 13. The molecule has 0 bridgehead atoms. The summed E-state index contributed by atoms with van der Waals surface area (Å²) in [5.74, 6) is 2.11. The number of hydrogen-bond acceptors (Lipinski definition) is 5. The normalized spacial score (nSPS) is 13.7. The van der Waals surface area contributed by atoms with Crippen LogP contribution < -0.4 is 14.8 Å². The van der Waals surface area contributed by atoms with Crippen molar-refractivity contribution < 1.29 is 14.6 Å². The van der Waals surface area contributed by atoms with Crippen molar-refractivity contribution >= 4 is 23.1 Å². The molecule has 0 saturated carbocycles. The molecule has 0 heterocycles. The number of benzene rings is 2. The van der Waals surface area contributed by atoms with Crippen LogP contribution in [0, 0.1) is 0 Å². The van der Waals surface area contributed by atoms with Gasteiger partial charge in [0.15, 0.2) is 0 Å². The minimum Gasteiger partial charge on any atom is -0.507 e. The Morgan fingerprint density at radius 3 is 2.46 bits per heavy atom. The number of aliphatic imine (C=N–C) groups is 1. The van der Waals surface area contributed by atoms with Crippen molar-refractivity contribution in [3.63, 3.8) is 0 Å². The van der Waals surface area contributed by atoms with Crippen LogP contribution in [0.15, 0.2) is 82.4 Å². The molecule has 0 spiro atoms. The number of hydrogen-bond donors (Lipinski definition) is 2. The van der Waals surface area contributed by atoms with Crippen molar-refractivity contribution in [1.29, 1.82) is 0 Å². The highest BCUT2D eigenvalue weighted by atomic mass is 35.5. The van der Waals surface area contributed by atoms with Gasteiger partial charge in [0, 0.05) is 36.8 Å². The van der Waals surface area contributed by atoms with Crippen LogP contribution in [0.3, 0.4) is 0 Å². The molecule has 2 aromatic rings. The van der Waals surface area contributed by atoms with Crippen molar-refractivity contribution in [3.8, 4) is 17.2 Å². The lowest BCUT2D eigenvalue weighted by atomic mass is 10.1. The predicted molar refractivity (Wildman–Crippen MR) is 154 cm³/mol. The Hall–Kier alpha value is -3.22. The highest BCUT2D eigenvalue weighted by Crippen LogP contribution is 2.26. The molecule has 7 heteroatoms. The Morgan fingerprint density at radius 1 is 1.03 bits per heavy atom. The number of aromatic hydroxyl groups is 1. The molecule has 198 valence electrons. The van der Waals surface area contributed by atoms with Crippen LogP contribution in [0.5, 0.6) is 17.2 Å². The van der Waals surface area contributed by atoms with Gasteiger partial charge in [0.25, 0.3) is 0 Å². The minimum absolute atomic E-state index is 0.102. The monoisotopic (exact) mass is 523 g/mol. The van der Waals surface area contributed by atoms with E-state index in [1.165, 1.54) is 5.57 Å². The molecule has 0 atom stereocenters. The van der Waals surface area contributed by atoms with Crippen molar-refractivity contribution in [1.82, 2.24) is 4.90 Å². The van der Waals surface area contributed by atoms with E-state index < -0.39 is 0 Å². The summed E-state index contributed by atoms with van der Waals surface area (Å²) < 4.78 is 11.7. The highest BCUT2D eigenvalue weighted by Gasteiger charge is 2.11. The molecule has 2 aromatic carbocycles. The van der Waals surface area contributed by atoms with Gasteiger partial charge in [0.2, 0.25) is 0 Å². The van der Waals surface area contributed by atoms with Gasteiger partial charge >= 0.3 is 0 Å². The number of allylic oxidation sites excluding steroid dienone is 5. The van der Waals surface area contributed by atoms with E-state index in [0.29, 0.717) is 30.4 Å². The van der Waals surface area contributed by atoms with Crippen LogP contribution in [0.1, 0.15) is 38.7 Å². The third kappa shape index (κ3) is 9.30. The molecule has 0 aromatic heterocycles. The zero-order valence-electron chi connectivity index (χ0n) is 22.0. The first-order valence-electron chi connectivity index (χ1n) is 12.9. The predicted octanol–water partition coefficient (Wildman–Crippen LogP) is 6.77. The molecule has 0 fully saturated rings. The number of amidine groups is 1. The summed E-state index contributed by atoms with van der Waals surface area (Å²) in [6, 6.07) is 13.0. The van der Waals surface area contributed by atoms with Crippen LogP contribution in [0.25, 0.3) is 0 Å². The van der Waals surface area contributed by atoms with Crippen molar-refractivity contribution in [3.05, 3.63) is 82.9 Å². The third-order valence-electron chi connectivity index (χ3n) is 6.17. The number of ether oxygens (including phenoxy) is 2. The minimum atomic E-state index is 0.102. The lowest BCUT2D eigenvalue weighted by molar-refractivity contribution is 0.249. The molecule has 0 aliphatic heterocycles. The zero-order chi connectivity index (χ0) is 26.5. The van der Waals surface area contributed by atoms with Gasteiger partial charge in [-0.1, -0.05) is 43.2 Å². The van der Waals surface area contributed by atoms with E-state index in [4.69, 9.17) is 21.1 Å². The first kappa shape index (κ1) is 28.4. The van der Waals surface area contributed by atoms with Crippen LogP contribution in [0.4, 0.5) is 5.69 Å². The fourth-order valence-corrected chi connectivity index (χ4v) is 4.12. The van der Waals surface area contributed by atoms with Crippen LogP contribution in [-0.2, 0) is 0 Å². The molecule has 0 unspecified atom stereocenters. The standard InChI is InChI=1S/C30H38ClN3O3/c1-4-34(5-2)19-7-20-36-26-14-12-25(13-15-26)33-30(32-3)28-17-16-27(22-29(28)35)37-21-18-23-8-6-9-24(31)11-10-23/h6,9-17,22,35H,4-5,7-8,18-21H2,1-3H3,(H,32,33). The number of anilines is 1. The van der Waals surface area contributed by atoms with Crippen LogP contribution in [-0.4, -0.2) is 55.7 Å². The van der Waals surface area contributed by atoms with E-state index in [1.807, 2.05) is 60.7 Å². The molecule has 1 aliphatic carbocycles. The van der Waals surface area contributed by atoms with Gasteiger partial charge in [-0.3, -0.25) is 4.99 Å². The first-order valence-corrected chi connectivity index (χ1v) is 13.3. The topological polar surface area (TPSA) is 66.3 Å². The summed E-state index contributed by atoms with van der Waals surface area (Å²) in [4.78, 5) is 6.72. The maximum absolute atomic E-state index is 10.7. The maximum atomic E-state index is 10.7.